The van der Waals surface area contributed by atoms with Crippen LogP contribution in [0.5, 0.6) is 11.6 Å². The van der Waals surface area contributed by atoms with Gasteiger partial charge in [-0.15, -0.1) is 0 Å². The van der Waals surface area contributed by atoms with Crippen LogP contribution in [0.3, 0.4) is 0 Å². The summed E-state index contributed by atoms with van der Waals surface area (Å²) in [4.78, 5) is 12.9. The number of rotatable bonds is 5. The molecule has 1 aromatic heterocycles. The van der Waals surface area contributed by atoms with Gasteiger partial charge in [0.2, 0.25) is 5.88 Å². The van der Waals surface area contributed by atoms with Crippen molar-refractivity contribution in [1.82, 2.24) is 9.78 Å². The summed E-state index contributed by atoms with van der Waals surface area (Å²) in [5.74, 6) is 0.653. The van der Waals surface area contributed by atoms with Crippen molar-refractivity contribution in [3.63, 3.8) is 0 Å². The molecule has 0 N–H and O–H groups in total. The lowest BCUT2D eigenvalue weighted by atomic mass is 9.87. The summed E-state index contributed by atoms with van der Waals surface area (Å²) < 4.78 is 12.7. The monoisotopic (exact) mass is 426 g/mol. The van der Waals surface area contributed by atoms with Crippen LogP contribution in [0.2, 0.25) is 0 Å². The molecule has 3 aromatic carbocycles. The first kappa shape index (κ1) is 21.4. The van der Waals surface area contributed by atoms with Crippen LogP contribution in [-0.2, 0) is 5.41 Å². The van der Waals surface area contributed by atoms with Crippen LogP contribution in [0.4, 0.5) is 0 Å². The normalized spacial score (nSPS) is 11.2. The first-order chi connectivity index (χ1) is 15.3. The number of carbonyl (C=O) groups excluding carboxylic acids is 1. The van der Waals surface area contributed by atoms with Gasteiger partial charge in [0, 0.05) is 11.6 Å². The summed E-state index contributed by atoms with van der Waals surface area (Å²) in [7, 11) is 1.62. The van der Waals surface area contributed by atoms with Crippen molar-refractivity contribution in [1.29, 1.82) is 0 Å². The van der Waals surface area contributed by atoms with Gasteiger partial charge in [0.05, 0.1) is 24.1 Å². The number of hydrogen-bond acceptors (Lipinski definition) is 4. The fourth-order valence-corrected chi connectivity index (χ4v) is 3.36. The molecule has 0 aliphatic carbocycles. The Kier molecular flexibility index (Phi) is 5.82. The van der Waals surface area contributed by atoms with Crippen LogP contribution >= 0.6 is 0 Å². The van der Waals surface area contributed by atoms with E-state index in [0.717, 1.165) is 22.6 Å². The molecule has 0 amide bonds. The maximum Gasteiger partial charge on any atom is 0.344 e. The van der Waals surface area contributed by atoms with Gasteiger partial charge < -0.3 is 9.47 Å². The molecule has 0 spiro atoms. The average molecular weight is 427 g/mol. The van der Waals surface area contributed by atoms with Gasteiger partial charge in [-0.25, -0.2) is 4.79 Å². The highest BCUT2D eigenvalue weighted by atomic mass is 16.5. The van der Waals surface area contributed by atoms with E-state index < -0.39 is 5.97 Å². The van der Waals surface area contributed by atoms with Gasteiger partial charge in [-0.3, -0.25) is 0 Å². The minimum absolute atomic E-state index is 0.0139. The minimum atomic E-state index is -0.431. The molecular weight excluding hydrogens is 400 g/mol. The molecule has 32 heavy (non-hydrogen) atoms. The highest BCUT2D eigenvalue weighted by Gasteiger charge is 2.19. The molecule has 0 unspecified atom stereocenters. The standard InChI is InChI=1S/C27H26N2O3/c1-27(2,3)21-12-10-20(11-13-21)26(30)32-25-18-24(19-8-6-5-7-9-19)28-29(25)22-14-16-23(31-4)17-15-22/h5-18H,1-4H3. The van der Waals surface area contributed by atoms with Gasteiger partial charge in [0.1, 0.15) is 5.75 Å². The topological polar surface area (TPSA) is 53.4 Å². The molecule has 5 nitrogen and oxygen atoms in total. The third-order valence-corrected chi connectivity index (χ3v) is 5.25. The van der Waals surface area contributed by atoms with Gasteiger partial charge >= 0.3 is 5.97 Å². The first-order valence-corrected chi connectivity index (χ1v) is 10.5. The zero-order valence-corrected chi connectivity index (χ0v) is 18.7. The second kappa shape index (κ2) is 8.71. The summed E-state index contributed by atoms with van der Waals surface area (Å²) in [6, 6.07) is 26.5. The van der Waals surface area contributed by atoms with Crippen molar-refractivity contribution in [2.45, 2.75) is 26.2 Å². The third-order valence-electron chi connectivity index (χ3n) is 5.25. The molecule has 0 aliphatic heterocycles. The van der Waals surface area contributed by atoms with E-state index in [-0.39, 0.29) is 5.41 Å². The van der Waals surface area contributed by atoms with E-state index in [1.165, 1.54) is 0 Å². The van der Waals surface area contributed by atoms with Gasteiger partial charge in [0.25, 0.3) is 0 Å². The Morgan fingerprint density at radius 3 is 2.12 bits per heavy atom. The number of hydrogen-bond donors (Lipinski definition) is 0. The predicted octanol–water partition coefficient (Wildman–Crippen LogP) is 6.06. The number of benzene rings is 3. The number of nitrogens with zero attached hydrogens (tertiary/aromatic N) is 2. The maximum absolute atomic E-state index is 12.9. The van der Waals surface area contributed by atoms with Crippen molar-refractivity contribution in [2.75, 3.05) is 7.11 Å². The lowest BCUT2D eigenvalue weighted by Gasteiger charge is -2.18. The number of esters is 1. The molecule has 0 radical (unpaired) electrons. The lowest BCUT2D eigenvalue weighted by Crippen LogP contribution is -2.14. The van der Waals surface area contributed by atoms with Crippen molar-refractivity contribution < 1.29 is 14.3 Å². The highest BCUT2D eigenvalue weighted by molar-refractivity contribution is 5.91. The van der Waals surface area contributed by atoms with E-state index in [4.69, 9.17) is 14.6 Å². The molecular formula is C27H26N2O3. The van der Waals surface area contributed by atoms with E-state index in [0.29, 0.717) is 17.1 Å². The second-order valence-corrected chi connectivity index (χ2v) is 8.56. The number of aromatic nitrogens is 2. The lowest BCUT2D eigenvalue weighted by molar-refractivity contribution is 0.0723. The van der Waals surface area contributed by atoms with Gasteiger partial charge in [-0.05, 0) is 47.4 Å². The van der Waals surface area contributed by atoms with Crippen LogP contribution < -0.4 is 9.47 Å². The number of methoxy groups -OCH3 is 1. The maximum atomic E-state index is 12.9. The summed E-state index contributed by atoms with van der Waals surface area (Å²) in [6.07, 6.45) is 0. The fraction of sp³-hybridized carbons (Fsp3) is 0.185. The van der Waals surface area contributed by atoms with Crippen LogP contribution in [0.25, 0.3) is 16.9 Å². The molecule has 4 aromatic rings. The van der Waals surface area contributed by atoms with Crippen molar-refractivity contribution in [3.05, 3.63) is 96.1 Å². The number of ether oxygens (including phenoxy) is 2. The van der Waals surface area contributed by atoms with Crippen LogP contribution in [0, 0.1) is 0 Å². The summed E-state index contributed by atoms with van der Waals surface area (Å²) in [5.41, 5.74) is 4.07. The Labute approximate surface area is 188 Å². The molecule has 5 heteroatoms. The van der Waals surface area contributed by atoms with Gasteiger partial charge in [-0.2, -0.15) is 9.78 Å². The van der Waals surface area contributed by atoms with Crippen LogP contribution in [0.15, 0.2) is 84.9 Å². The Bertz CT molecular complexity index is 1200. The minimum Gasteiger partial charge on any atom is -0.497 e. The smallest absolute Gasteiger partial charge is 0.344 e. The predicted molar refractivity (Wildman–Crippen MR) is 126 cm³/mol. The zero-order valence-electron chi connectivity index (χ0n) is 18.7. The molecule has 0 fully saturated rings. The Morgan fingerprint density at radius 1 is 0.875 bits per heavy atom. The highest BCUT2D eigenvalue weighted by Crippen LogP contribution is 2.28. The third kappa shape index (κ3) is 4.57. The Balaban J connectivity index is 1.68. The quantitative estimate of drug-likeness (QED) is 0.364. The Hall–Kier alpha value is -3.86. The summed E-state index contributed by atoms with van der Waals surface area (Å²) >= 11 is 0. The molecule has 1 heterocycles. The number of carbonyl (C=O) groups is 1. The van der Waals surface area contributed by atoms with E-state index in [1.807, 2.05) is 66.7 Å². The van der Waals surface area contributed by atoms with E-state index >= 15 is 0 Å². The van der Waals surface area contributed by atoms with Crippen molar-refractivity contribution >= 4 is 5.97 Å². The molecule has 0 saturated heterocycles. The molecule has 0 aliphatic rings. The second-order valence-electron chi connectivity index (χ2n) is 8.56. The molecule has 162 valence electrons. The van der Waals surface area contributed by atoms with E-state index in [1.54, 1.807) is 30.0 Å². The summed E-state index contributed by atoms with van der Waals surface area (Å²) in [6.45, 7) is 6.41. The summed E-state index contributed by atoms with van der Waals surface area (Å²) in [5, 5.41) is 4.70. The largest absolute Gasteiger partial charge is 0.497 e. The molecule has 0 atom stereocenters. The Morgan fingerprint density at radius 2 is 1.53 bits per heavy atom. The molecule has 0 saturated carbocycles. The molecule has 0 bridgehead atoms. The SMILES string of the molecule is COc1ccc(-n2nc(-c3ccccc3)cc2OC(=O)c2ccc(C(C)(C)C)cc2)cc1. The van der Waals surface area contributed by atoms with E-state index in [9.17, 15) is 4.79 Å². The first-order valence-electron chi connectivity index (χ1n) is 10.5. The zero-order chi connectivity index (χ0) is 22.7. The van der Waals surface area contributed by atoms with Gasteiger partial charge in [-0.1, -0.05) is 63.2 Å². The van der Waals surface area contributed by atoms with Crippen LogP contribution in [-0.4, -0.2) is 22.9 Å². The fourth-order valence-electron chi connectivity index (χ4n) is 3.36. The molecule has 4 rings (SSSR count). The van der Waals surface area contributed by atoms with E-state index in [2.05, 4.69) is 20.8 Å². The van der Waals surface area contributed by atoms with Crippen LogP contribution in [0.1, 0.15) is 36.7 Å². The average Bonchev–Trinajstić information content (AvgIpc) is 3.23. The van der Waals surface area contributed by atoms with Gasteiger partial charge in [0.15, 0.2) is 0 Å². The van der Waals surface area contributed by atoms with Crippen molar-refractivity contribution in [2.24, 2.45) is 0 Å². The van der Waals surface area contributed by atoms with Crippen molar-refractivity contribution in [3.8, 4) is 28.6 Å².